The zero-order chi connectivity index (χ0) is 18.8. The van der Waals surface area contributed by atoms with Crippen molar-refractivity contribution in [3.8, 4) is 17.1 Å². The molecule has 4 aromatic rings. The number of methoxy groups -OCH3 is 1. The summed E-state index contributed by atoms with van der Waals surface area (Å²) in [5.41, 5.74) is 2.90. The molecule has 0 saturated heterocycles. The average molecular weight is 362 g/mol. The number of rotatable bonds is 5. The third kappa shape index (κ3) is 3.44. The number of tetrazole rings is 1. The number of hydrogen-bond donors (Lipinski definition) is 0. The molecule has 0 amide bonds. The van der Waals surface area contributed by atoms with E-state index in [9.17, 15) is 4.79 Å². The SMILES string of the molecule is CCc1ccc2c(Cn3nnc(-c4cccc(OC)c4)n3)cc(=O)oc2c1. The Morgan fingerprint density at radius 2 is 2.04 bits per heavy atom. The quantitative estimate of drug-likeness (QED) is 0.508. The molecule has 0 unspecified atom stereocenters. The van der Waals surface area contributed by atoms with Gasteiger partial charge in [0.15, 0.2) is 0 Å². The van der Waals surface area contributed by atoms with Crippen LogP contribution in [0.25, 0.3) is 22.4 Å². The van der Waals surface area contributed by atoms with Gasteiger partial charge in [-0.25, -0.2) is 4.79 Å². The Kier molecular flexibility index (Phi) is 4.42. The molecular weight excluding hydrogens is 344 g/mol. The first-order chi connectivity index (χ1) is 13.2. The Hall–Kier alpha value is -3.48. The minimum absolute atomic E-state index is 0.324. The number of hydrogen-bond acceptors (Lipinski definition) is 6. The van der Waals surface area contributed by atoms with Crippen molar-refractivity contribution < 1.29 is 9.15 Å². The second kappa shape index (κ2) is 7.03. The maximum atomic E-state index is 11.9. The fourth-order valence-corrected chi connectivity index (χ4v) is 2.97. The Labute approximate surface area is 155 Å². The lowest BCUT2D eigenvalue weighted by atomic mass is 10.1. The summed E-state index contributed by atoms with van der Waals surface area (Å²) in [5.74, 6) is 1.22. The molecule has 0 spiro atoms. The van der Waals surface area contributed by atoms with E-state index in [4.69, 9.17) is 9.15 Å². The fraction of sp³-hybridized carbons (Fsp3) is 0.200. The summed E-state index contributed by atoms with van der Waals surface area (Å²) in [5, 5.41) is 13.5. The van der Waals surface area contributed by atoms with Crippen LogP contribution in [0.2, 0.25) is 0 Å². The van der Waals surface area contributed by atoms with Gasteiger partial charge < -0.3 is 9.15 Å². The zero-order valence-corrected chi connectivity index (χ0v) is 15.0. The number of fused-ring (bicyclic) bond motifs is 1. The van der Waals surface area contributed by atoms with E-state index in [-0.39, 0.29) is 5.63 Å². The fourth-order valence-electron chi connectivity index (χ4n) is 2.97. The summed E-state index contributed by atoms with van der Waals surface area (Å²) in [6, 6.07) is 14.8. The molecule has 7 nitrogen and oxygen atoms in total. The van der Waals surface area contributed by atoms with Gasteiger partial charge in [-0.3, -0.25) is 0 Å². The monoisotopic (exact) mass is 362 g/mol. The van der Waals surface area contributed by atoms with Crippen LogP contribution in [0.3, 0.4) is 0 Å². The molecule has 0 N–H and O–H groups in total. The highest BCUT2D eigenvalue weighted by Crippen LogP contribution is 2.22. The molecule has 2 aromatic heterocycles. The number of aromatic nitrogens is 4. The average Bonchev–Trinajstić information content (AvgIpc) is 3.16. The molecular formula is C20H18N4O3. The first kappa shape index (κ1) is 17.0. The molecule has 0 saturated carbocycles. The van der Waals surface area contributed by atoms with Crippen molar-refractivity contribution in [2.45, 2.75) is 19.9 Å². The Balaban J connectivity index is 1.69. The van der Waals surface area contributed by atoms with Crippen LogP contribution in [0.4, 0.5) is 0 Å². The van der Waals surface area contributed by atoms with Gasteiger partial charge in [-0.2, -0.15) is 4.80 Å². The zero-order valence-electron chi connectivity index (χ0n) is 15.0. The van der Waals surface area contributed by atoms with Crippen LogP contribution in [0.15, 0.2) is 57.7 Å². The summed E-state index contributed by atoms with van der Waals surface area (Å²) in [7, 11) is 1.61. The van der Waals surface area contributed by atoms with Gasteiger partial charge in [0.25, 0.3) is 0 Å². The second-order valence-corrected chi connectivity index (χ2v) is 6.15. The van der Waals surface area contributed by atoms with E-state index in [1.807, 2.05) is 42.5 Å². The minimum Gasteiger partial charge on any atom is -0.497 e. The third-order valence-electron chi connectivity index (χ3n) is 4.40. The summed E-state index contributed by atoms with van der Waals surface area (Å²) in [6.45, 7) is 2.38. The van der Waals surface area contributed by atoms with Crippen molar-refractivity contribution in [1.29, 1.82) is 0 Å². The summed E-state index contributed by atoms with van der Waals surface area (Å²) in [4.78, 5) is 13.4. The standard InChI is InChI=1S/C20H18N4O3/c1-3-13-7-8-17-15(11-19(25)27-18(17)9-13)12-24-22-20(21-23-24)14-5-4-6-16(10-14)26-2/h4-11H,3,12H2,1-2H3. The number of ether oxygens (including phenoxy) is 1. The van der Waals surface area contributed by atoms with Crippen LogP contribution in [-0.4, -0.2) is 27.3 Å². The van der Waals surface area contributed by atoms with Gasteiger partial charge in [-0.1, -0.05) is 31.2 Å². The molecule has 4 rings (SSSR count). The second-order valence-electron chi connectivity index (χ2n) is 6.15. The summed E-state index contributed by atoms with van der Waals surface area (Å²) < 4.78 is 10.6. The van der Waals surface area contributed by atoms with Gasteiger partial charge in [-0.05, 0) is 41.0 Å². The van der Waals surface area contributed by atoms with Gasteiger partial charge in [0.05, 0.1) is 13.7 Å². The van der Waals surface area contributed by atoms with Crippen LogP contribution in [-0.2, 0) is 13.0 Å². The smallest absolute Gasteiger partial charge is 0.336 e. The van der Waals surface area contributed by atoms with Crippen molar-refractivity contribution in [3.05, 3.63) is 70.1 Å². The minimum atomic E-state index is -0.390. The highest BCUT2D eigenvalue weighted by molar-refractivity contribution is 5.80. The largest absolute Gasteiger partial charge is 0.497 e. The van der Waals surface area contributed by atoms with Crippen LogP contribution in [0, 0.1) is 0 Å². The molecule has 7 heteroatoms. The molecule has 0 radical (unpaired) electrons. The van der Waals surface area contributed by atoms with Crippen molar-refractivity contribution in [2.75, 3.05) is 7.11 Å². The topological polar surface area (TPSA) is 83.0 Å². The normalized spacial score (nSPS) is 11.0. The van der Waals surface area contributed by atoms with Gasteiger partial charge in [-0.15, -0.1) is 10.2 Å². The molecule has 0 aliphatic rings. The summed E-state index contributed by atoms with van der Waals surface area (Å²) >= 11 is 0. The first-order valence-electron chi connectivity index (χ1n) is 8.64. The van der Waals surface area contributed by atoms with E-state index in [0.29, 0.717) is 18.0 Å². The summed E-state index contributed by atoms with van der Waals surface area (Å²) in [6.07, 6.45) is 0.873. The maximum Gasteiger partial charge on any atom is 0.336 e. The number of aryl methyl sites for hydroxylation is 1. The van der Waals surface area contributed by atoms with Gasteiger partial charge in [0.2, 0.25) is 5.82 Å². The van der Waals surface area contributed by atoms with Crippen molar-refractivity contribution in [2.24, 2.45) is 0 Å². The Morgan fingerprint density at radius 1 is 1.15 bits per heavy atom. The Bertz CT molecular complexity index is 1160. The van der Waals surface area contributed by atoms with Crippen molar-refractivity contribution in [1.82, 2.24) is 20.2 Å². The number of nitrogens with zero attached hydrogens (tertiary/aromatic N) is 4. The Morgan fingerprint density at radius 3 is 2.85 bits per heavy atom. The molecule has 0 aliphatic carbocycles. The maximum absolute atomic E-state index is 11.9. The van der Waals surface area contributed by atoms with Crippen LogP contribution in [0.1, 0.15) is 18.1 Å². The highest BCUT2D eigenvalue weighted by Gasteiger charge is 2.11. The lowest BCUT2D eigenvalue weighted by Crippen LogP contribution is -2.08. The lowest BCUT2D eigenvalue weighted by molar-refractivity contribution is 0.415. The van der Waals surface area contributed by atoms with E-state index >= 15 is 0 Å². The van der Waals surface area contributed by atoms with E-state index in [2.05, 4.69) is 22.3 Å². The van der Waals surface area contributed by atoms with Crippen molar-refractivity contribution in [3.63, 3.8) is 0 Å². The third-order valence-corrected chi connectivity index (χ3v) is 4.40. The van der Waals surface area contributed by atoms with Crippen LogP contribution < -0.4 is 10.4 Å². The van der Waals surface area contributed by atoms with E-state index in [0.717, 1.165) is 34.2 Å². The van der Waals surface area contributed by atoms with Crippen molar-refractivity contribution >= 4 is 11.0 Å². The number of benzene rings is 2. The molecule has 27 heavy (non-hydrogen) atoms. The van der Waals surface area contributed by atoms with E-state index in [1.165, 1.54) is 10.9 Å². The molecule has 2 heterocycles. The van der Waals surface area contributed by atoms with E-state index < -0.39 is 0 Å². The van der Waals surface area contributed by atoms with E-state index in [1.54, 1.807) is 7.11 Å². The molecule has 0 aliphatic heterocycles. The predicted molar refractivity (Wildman–Crippen MR) is 101 cm³/mol. The van der Waals surface area contributed by atoms with Gasteiger partial charge in [0.1, 0.15) is 11.3 Å². The van der Waals surface area contributed by atoms with Gasteiger partial charge in [0, 0.05) is 17.0 Å². The van der Waals surface area contributed by atoms with Crippen LogP contribution in [0.5, 0.6) is 5.75 Å². The van der Waals surface area contributed by atoms with Gasteiger partial charge >= 0.3 is 5.63 Å². The molecule has 0 fully saturated rings. The molecule has 0 bridgehead atoms. The lowest BCUT2D eigenvalue weighted by Gasteiger charge is -2.06. The molecule has 0 atom stereocenters. The molecule has 136 valence electrons. The first-order valence-corrected chi connectivity index (χ1v) is 8.64. The van der Waals surface area contributed by atoms with Crippen LogP contribution >= 0.6 is 0 Å². The molecule has 2 aromatic carbocycles. The highest BCUT2D eigenvalue weighted by atomic mass is 16.5. The predicted octanol–water partition coefficient (Wildman–Crippen LogP) is 3.07.